The van der Waals surface area contributed by atoms with Crippen molar-refractivity contribution in [2.75, 3.05) is 11.1 Å². The molecule has 3 rings (SSSR count). The molecule has 3 aromatic rings. The van der Waals surface area contributed by atoms with Crippen molar-refractivity contribution in [3.63, 3.8) is 0 Å². The molecule has 1 heterocycles. The van der Waals surface area contributed by atoms with Crippen LogP contribution in [0.4, 0.5) is 5.69 Å². The molecule has 0 unspecified atom stereocenters. The van der Waals surface area contributed by atoms with Crippen LogP contribution < -0.4 is 15.8 Å². The lowest BCUT2D eigenvalue weighted by Crippen LogP contribution is -2.15. The highest BCUT2D eigenvalue weighted by molar-refractivity contribution is 7.99. The van der Waals surface area contributed by atoms with Gasteiger partial charge < -0.3 is 20.4 Å². The van der Waals surface area contributed by atoms with E-state index in [9.17, 15) is 9.59 Å². The largest absolute Gasteiger partial charge is 0.486 e. The molecular weight excluding hydrogens is 426 g/mol. The van der Waals surface area contributed by atoms with Gasteiger partial charge >= 0.3 is 0 Å². The van der Waals surface area contributed by atoms with Crippen LogP contribution in [-0.2, 0) is 17.9 Å². The molecule has 0 saturated carbocycles. The highest BCUT2D eigenvalue weighted by Gasteiger charge is 2.14. The predicted octanol–water partition coefficient (Wildman–Crippen LogP) is 3.36. The molecule has 8 nitrogen and oxygen atoms in total. The lowest BCUT2D eigenvalue weighted by molar-refractivity contribution is -0.113. The van der Waals surface area contributed by atoms with Crippen molar-refractivity contribution in [1.82, 2.24) is 14.8 Å². The van der Waals surface area contributed by atoms with E-state index in [0.29, 0.717) is 39.5 Å². The average molecular weight is 446 g/mol. The van der Waals surface area contributed by atoms with Crippen LogP contribution in [-0.4, -0.2) is 32.3 Å². The summed E-state index contributed by atoms with van der Waals surface area (Å²) in [6.45, 7) is 2.87. The standard InChI is InChI=1S/C20H20ClN5O3S/c1-2-26-17(11-29-16-9-5-14(21)6-10-16)24-25-20(26)30-12-18(27)23-15-7-3-13(4-8-15)19(22)28/h3-10H,2,11-12H2,1H3,(H2,22,28)(H,23,27). The van der Waals surface area contributed by atoms with Crippen molar-refractivity contribution < 1.29 is 14.3 Å². The van der Waals surface area contributed by atoms with Gasteiger partial charge in [0, 0.05) is 22.8 Å². The van der Waals surface area contributed by atoms with E-state index in [1.807, 2.05) is 11.5 Å². The number of hydrogen-bond donors (Lipinski definition) is 2. The number of halogens is 1. The van der Waals surface area contributed by atoms with Gasteiger partial charge in [0.15, 0.2) is 11.0 Å². The van der Waals surface area contributed by atoms with Crippen molar-refractivity contribution in [1.29, 1.82) is 0 Å². The summed E-state index contributed by atoms with van der Waals surface area (Å²) >= 11 is 7.16. The molecule has 0 bridgehead atoms. The van der Waals surface area contributed by atoms with Crippen LogP contribution in [0.3, 0.4) is 0 Å². The number of nitrogens with one attached hydrogen (secondary N) is 1. The Balaban J connectivity index is 1.55. The summed E-state index contributed by atoms with van der Waals surface area (Å²) in [6, 6.07) is 13.5. The number of anilines is 1. The lowest BCUT2D eigenvalue weighted by atomic mass is 10.2. The molecule has 10 heteroatoms. The second-order valence-corrected chi connectivity index (χ2v) is 7.54. The molecule has 0 spiro atoms. The number of primary amides is 1. The van der Waals surface area contributed by atoms with Crippen LogP contribution >= 0.6 is 23.4 Å². The van der Waals surface area contributed by atoms with E-state index in [4.69, 9.17) is 22.1 Å². The van der Waals surface area contributed by atoms with Crippen LogP contribution in [0, 0.1) is 0 Å². The first-order chi connectivity index (χ1) is 14.5. The van der Waals surface area contributed by atoms with E-state index >= 15 is 0 Å². The molecule has 0 saturated heterocycles. The third-order valence-corrected chi connectivity index (χ3v) is 5.30. The second kappa shape index (κ2) is 10.1. The van der Waals surface area contributed by atoms with E-state index in [1.165, 1.54) is 11.8 Å². The smallest absolute Gasteiger partial charge is 0.248 e. The highest BCUT2D eigenvalue weighted by atomic mass is 35.5. The molecule has 0 aliphatic carbocycles. The number of amides is 2. The van der Waals surface area contributed by atoms with E-state index in [1.54, 1.807) is 48.5 Å². The monoisotopic (exact) mass is 445 g/mol. The van der Waals surface area contributed by atoms with Crippen LogP contribution in [0.15, 0.2) is 53.7 Å². The van der Waals surface area contributed by atoms with E-state index in [2.05, 4.69) is 15.5 Å². The van der Waals surface area contributed by atoms with Gasteiger partial charge in [-0.05, 0) is 55.5 Å². The lowest BCUT2D eigenvalue weighted by Gasteiger charge is -2.09. The van der Waals surface area contributed by atoms with Crippen LogP contribution in [0.1, 0.15) is 23.1 Å². The molecule has 3 N–H and O–H groups in total. The first-order valence-electron chi connectivity index (χ1n) is 9.09. The summed E-state index contributed by atoms with van der Waals surface area (Å²) in [5.41, 5.74) is 6.17. The van der Waals surface area contributed by atoms with E-state index in [-0.39, 0.29) is 18.3 Å². The predicted molar refractivity (Wildman–Crippen MR) is 116 cm³/mol. The maximum absolute atomic E-state index is 12.2. The van der Waals surface area contributed by atoms with Gasteiger partial charge in [0.05, 0.1) is 5.75 Å². The van der Waals surface area contributed by atoms with Gasteiger partial charge in [0.2, 0.25) is 11.8 Å². The number of benzene rings is 2. The number of hydrogen-bond acceptors (Lipinski definition) is 6. The maximum Gasteiger partial charge on any atom is 0.248 e. The Bertz CT molecular complexity index is 1020. The summed E-state index contributed by atoms with van der Waals surface area (Å²) < 4.78 is 7.63. The molecule has 0 aliphatic rings. The minimum absolute atomic E-state index is 0.160. The molecule has 0 atom stereocenters. The van der Waals surface area contributed by atoms with E-state index < -0.39 is 5.91 Å². The minimum Gasteiger partial charge on any atom is -0.486 e. The zero-order chi connectivity index (χ0) is 21.5. The number of aromatic nitrogens is 3. The fourth-order valence-electron chi connectivity index (χ4n) is 2.57. The topological polar surface area (TPSA) is 112 Å². The van der Waals surface area contributed by atoms with Crippen molar-refractivity contribution >= 4 is 40.9 Å². The first kappa shape index (κ1) is 21.7. The summed E-state index contributed by atoms with van der Waals surface area (Å²) in [5, 5.41) is 12.4. The van der Waals surface area contributed by atoms with Gasteiger partial charge in [-0.2, -0.15) is 0 Å². The molecule has 0 fully saturated rings. The molecule has 1 aromatic heterocycles. The van der Waals surface area contributed by atoms with Crippen LogP contribution in [0.5, 0.6) is 5.75 Å². The Morgan fingerprint density at radius 1 is 1.13 bits per heavy atom. The minimum atomic E-state index is -0.516. The zero-order valence-electron chi connectivity index (χ0n) is 16.2. The van der Waals surface area contributed by atoms with Gasteiger partial charge in [0.1, 0.15) is 12.4 Å². The molecular formula is C20H20ClN5O3S. The average Bonchev–Trinajstić information content (AvgIpc) is 3.14. The second-order valence-electron chi connectivity index (χ2n) is 6.16. The van der Waals surface area contributed by atoms with Gasteiger partial charge in [-0.25, -0.2) is 0 Å². The Morgan fingerprint density at radius 3 is 2.47 bits per heavy atom. The van der Waals surface area contributed by atoms with Crippen LogP contribution in [0.25, 0.3) is 0 Å². The molecule has 0 radical (unpaired) electrons. The number of carbonyl (C=O) groups excluding carboxylic acids is 2. The van der Waals surface area contributed by atoms with Crippen molar-refractivity contribution in [3.05, 3.63) is 64.9 Å². The Hall–Kier alpha value is -3.04. The summed E-state index contributed by atoms with van der Waals surface area (Å²) in [6.07, 6.45) is 0. The molecule has 30 heavy (non-hydrogen) atoms. The number of nitrogens with two attached hydrogens (primary N) is 1. The van der Waals surface area contributed by atoms with Gasteiger partial charge in [-0.15, -0.1) is 10.2 Å². The maximum atomic E-state index is 12.2. The number of nitrogens with zero attached hydrogens (tertiary/aromatic N) is 3. The summed E-state index contributed by atoms with van der Waals surface area (Å²) in [4.78, 5) is 23.3. The number of rotatable bonds is 9. The van der Waals surface area contributed by atoms with Gasteiger partial charge in [-0.3, -0.25) is 9.59 Å². The van der Waals surface area contributed by atoms with Crippen molar-refractivity contribution in [3.8, 4) is 5.75 Å². The SMILES string of the molecule is CCn1c(COc2ccc(Cl)cc2)nnc1SCC(=O)Nc1ccc(C(N)=O)cc1. The molecule has 0 aliphatic heterocycles. The zero-order valence-corrected chi connectivity index (χ0v) is 17.7. The fraction of sp³-hybridized carbons (Fsp3) is 0.200. The van der Waals surface area contributed by atoms with E-state index in [0.717, 1.165) is 0 Å². The summed E-state index contributed by atoms with van der Waals surface area (Å²) in [7, 11) is 0. The quantitative estimate of drug-likeness (QED) is 0.488. The van der Waals surface area contributed by atoms with Crippen molar-refractivity contribution in [2.45, 2.75) is 25.2 Å². The van der Waals surface area contributed by atoms with Gasteiger partial charge in [-0.1, -0.05) is 23.4 Å². The summed E-state index contributed by atoms with van der Waals surface area (Å²) in [5.74, 6) is 0.793. The molecule has 2 aromatic carbocycles. The third-order valence-electron chi connectivity index (χ3n) is 4.08. The number of ether oxygens (including phenoxy) is 1. The Morgan fingerprint density at radius 2 is 1.83 bits per heavy atom. The Kier molecular flexibility index (Phi) is 7.31. The van der Waals surface area contributed by atoms with Crippen molar-refractivity contribution in [2.24, 2.45) is 5.73 Å². The third kappa shape index (κ3) is 5.74. The fourth-order valence-corrected chi connectivity index (χ4v) is 3.52. The molecule has 156 valence electrons. The van der Waals surface area contributed by atoms with Gasteiger partial charge in [0.25, 0.3) is 0 Å². The molecule has 2 amide bonds. The van der Waals surface area contributed by atoms with Crippen LogP contribution in [0.2, 0.25) is 5.02 Å². The Labute approximate surface area is 182 Å². The normalized spacial score (nSPS) is 10.6. The highest BCUT2D eigenvalue weighted by Crippen LogP contribution is 2.20. The number of thioether (sulfide) groups is 1. The number of carbonyl (C=O) groups is 2. The first-order valence-corrected chi connectivity index (χ1v) is 10.5.